The van der Waals surface area contributed by atoms with Crippen LogP contribution < -0.4 is 24.0 Å². The first-order chi connectivity index (χ1) is 18.5. The van der Waals surface area contributed by atoms with Gasteiger partial charge in [-0.3, -0.25) is 9.59 Å². The molecule has 5 rings (SSSR count). The van der Waals surface area contributed by atoms with Gasteiger partial charge in [-0.2, -0.15) is 0 Å². The van der Waals surface area contributed by atoms with Crippen molar-refractivity contribution in [1.82, 2.24) is 4.90 Å². The zero-order valence-electron chi connectivity index (χ0n) is 22.0. The minimum Gasteiger partial charge on any atom is -0.497 e. The Bertz CT molecular complexity index is 1250. The number of methoxy groups -OCH3 is 3. The third kappa shape index (κ3) is 4.98. The highest BCUT2D eigenvalue weighted by Crippen LogP contribution is 2.43. The van der Waals surface area contributed by atoms with E-state index in [0.29, 0.717) is 18.8 Å². The minimum absolute atomic E-state index is 0.0181. The van der Waals surface area contributed by atoms with Gasteiger partial charge in [0.05, 0.1) is 33.3 Å². The van der Waals surface area contributed by atoms with Gasteiger partial charge in [0.2, 0.25) is 11.8 Å². The summed E-state index contributed by atoms with van der Waals surface area (Å²) in [6.07, 6.45) is 0.167. The number of ether oxygens (including phenoxy) is 3. The van der Waals surface area contributed by atoms with E-state index in [1.807, 2.05) is 77.7 Å². The number of piperazine rings is 1. The topological polar surface area (TPSA) is 71.6 Å². The lowest BCUT2D eigenvalue weighted by Gasteiger charge is -2.38. The van der Waals surface area contributed by atoms with Gasteiger partial charge in [-0.05, 0) is 66.2 Å². The summed E-state index contributed by atoms with van der Waals surface area (Å²) in [5, 5.41) is 0. The molecule has 2 fully saturated rings. The first-order valence-corrected chi connectivity index (χ1v) is 12.8. The molecule has 0 aliphatic carbocycles. The number of carbonyl (C=O) groups excluding carboxylic acids is 2. The van der Waals surface area contributed by atoms with E-state index in [2.05, 4.69) is 4.90 Å². The second-order valence-electron chi connectivity index (χ2n) is 9.50. The Hall–Kier alpha value is -4.20. The molecule has 2 unspecified atom stereocenters. The normalized spacial score (nSPS) is 19.4. The Morgan fingerprint density at radius 3 is 1.66 bits per heavy atom. The van der Waals surface area contributed by atoms with Crippen LogP contribution in [0.5, 0.6) is 17.2 Å². The molecule has 0 bridgehead atoms. The summed E-state index contributed by atoms with van der Waals surface area (Å²) < 4.78 is 15.9. The molecule has 2 atom stereocenters. The average Bonchev–Trinajstić information content (AvgIpc) is 3.33. The zero-order valence-corrected chi connectivity index (χ0v) is 22.0. The van der Waals surface area contributed by atoms with Crippen LogP contribution in [0, 0.1) is 5.92 Å². The smallest absolute Gasteiger partial charge is 0.228 e. The van der Waals surface area contributed by atoms with Gasteiger partial charge in [0.25, 0.3) is 0 Å². The van der Waals surface area contributed by atoms with Gasteiger partial charge in [-0.25, -0.2) is 0 Å². The number of nitrogens with zero attached hydrogens (tertiary/aromatic N) is 3. The molecule has 0 saturated carbocycles. The molecule has 2 amide bonds. The van der Waals surface area contributed by atoms with E-state index in [0.717, 1.165) is 41.5 Å². The first kappa shape index (κ1) is 25.4. The molecule has 0 spiro atoms. The lowest BCUT2D eigenvalue weighted by atomic mass is 9.91. The highest BCUT2D eigenvalue weighted by atomic mass is 16.5. The van der Waals surface area contributed by atoms with Crippen molar-refractivity contribution in [2.45, 2.75) is 12.5 Å². The van der Waals surface area contributed by atoms with Gasteiger partial charge < -0.3 is 28.9 Å². The number of carbonyl (C=O) groups is 2. The monoisotopic (exact) mass is 515 g/mol. The molecule has 8 heteroatoms. The number of rotatable bonds is 7. The van der Waals surface area contributed by atoms with Crippen LogP contribution in [0.2, 0.25) is 0 Å². The van der Waals surface area contributed by atoms with E-state index >= 15 is 0 Å². The largest absolute Gasteiger partial charge is 0.497 e. The molecule has 3 aromatic carbocycles. The van der Waals surface area contributed by atoms with Crippen LogP contribution >= 0.6 is 0 Å². The highest BCUT2D eigenvalue weighted by Gasteiger charge is 2.46. The van der Waals surface area contributed by atoms with E-state index in [1.165, 1.54) is 0 Å². The Balaban J connectivity index is 1.37. The molecular formula is C30H33N3O5. The summed E-state index contributed by atoms with van der Waals surface area (Å²) >= 11 is 0. The van der Waals surface area contributed by atoms with E-state index in [9.17, 15) is 9.59 Å². The molecule has 2 heterocycles. The average molecular weight is 516 g/mol. The predicted molar refractivity (Wildman–Crippen MR) is 146 cm³/mol. The maximum absolute atomic E-state index is 13.9. The van der Waals surface area contributed by atoms with E-state index in [1.54, 1.807) is 26.2 Å². The Morgan fingerprint density at radius 2 is 1.16 bits per heavy atom. The van der Waals surface area contributed by atoms with Crippen LogP contribution in [0.25, 0.3) is 0 Å². The second-order valence-corrected chi connectivity index (χ2v) is 9.50. The lowest BCUT2D eigenvalue weighted by molar-refractivity contribution is -0.136. The number of hydrogen-bond acceptors (Lipinski definition) is 6. The Kier molecular flexibility index (Phi) is 7.40. The van der Waals surface area contributed by atoms with Crippen molar-refractivity contribution in [2.24, 2.45) is 5.92 Å². The molecule has 2 aliphatic heterocycles. The second kappa shape index (κ2) is 11.0. The molecule has 38 heavy (non-hydrogen) atoms. The van der Waals surface area contributed by atoms with Crippen LogP contribution in [0.3, 0.4) is 0 Å². The van der Waals surface area contributed by atoms with Crippen LogP contribution in [-0.2, 0) is 9.59 Å². The predicted octanol–water partition coefficient (Wildman–Crippen LogP) is 4.16. The molecule has 0 radical (unpaired) electrons. The molecular weight excluding hydrogens is 482 g/mol. The van der Waals surface area contributed by atoms with Crippen LogP contribution in [0.15, 0.2) is 72.8 Å². The Morgan fingerprint density at radius 1 is 0.684 bits per heavy atom. The first-order valence-electron chi connectivity index (χ1n) is 12.8. The quantitative estimate of drug-likeness (QED) is 0.471. The Labute approximate surface area is 223 Å². The van der Waals surface area contributed by atoms with Crippen molar-refractivity contribution in [1.29, 1.82) is 0 Å². The summed E-state index contributed by atoms with van der Waals surface area (Å²) in [4.78, 5) is 33.3. The number of amides is 2. The van der Waals surface area contributed by atoms with Crippen LogP contribution in [-0.4, -0.2) is 64.2 Å². The summed E-state index contributed by atoms with van der Waals surface area (Å²) in [6.45, 7) is 2.67. The maximum atomic E-state index is 13.9. The maximum Gasteiger partial charge on any atom is 0.228 e. The summed E-state index contributed by atoms with van der Waals surface area (Å²) in [6, 6.07) is 22.6. The van der Waals surface area contributed by atoms with Crippen LogP contribution in [0.1, 0.15) is 18.0 Å². The molecule has 2 aliphatic rings. The molecule has 198 valence electrons. The van der Waals surface area contributed by atoms with Gasteiger partial charge in [-0.15, -0.1) is 0 Å². The number of benzene rings is 3. The fourth-order valence-electron chi connectivity index (χ4n) is 5.40. The van der Waals surface area contributed by atoms with E-state index in [4.69, 9.17) is 14.2 Å². The highest BCUT2D eigenvalue weighted by molar-refractivity contribution is 6.01. The van der Waals surface area contributed by atoms with E-state index < -0.39 is 12.0 Å². The fraction of sp³-hybridized carbons (Fsp3) is 0.333. The molecule has 0 N–H and O–H groups in total. The van der Waals surface area contributed by atoms with Crippen molar-refractivity contribution >= 4 is 23.2 Å². The molecule has 0 aromatic heterocycles. The standard InChI is InChI=1S/C30H33N3O5/c1-36-24-10-4-21(5-11-24)29-27(20-28(34)33(29)23-8-14-26(38-3)15-9-23)30(35)32-18-16-31(17-19-32)22-6-12-25(37-2)13-7-22/h4-15,27,29H,16-20H2,1-3H3. The van der Waals surface area contributed by atoms with E-state index in [-0.39, 0.29) is 18.2 Å². The summed E-state index contributed by atoms with van der Waals surface area (Å²) in [5.41, 5.74) is 2.76. The third-order valence-corrected chi connectivity index (χ3v) is 7.48. The number of anilines is 2. The van der Waals surface area contributed by atoms with Gasteiger partial charge in [0.1, 0.15) is 17.2 Å². The lowest BCUT2D eigenvalue weighted by Crippen LogP contribution is -2.51. The van der Waals surface area contributed by atoms with Gasteiger partial charge in [0.15, 0.2) is 0 Å². The summed E-state index contributed by atoms with van der Waals surface area (Å²) in [5.74, 6) is 1.73. The molecule has 3 aromatic rings. The van der Waals surface area contributed by atoms with Gasteiger partial charge in [0, 0.05) is 44.0 Å². The molecule has 2 saturated heterocycles. The SMILES string of the molecule is COc1ccc(C2C(C(=O)N3CCN(c4ccc(OC)cc4)CC3)CC(=O)N2c2ccc(OC)cc2)cc1. The van der Waals surface area contributed by atoms with Crippen molar-refractivity contribution in [3.8, 4) is 17.2 Å². The van der Waals surface area contributed by atoms with Gasteiger partial charge in [-0.1, -0.05) is 12.1 Å². The van der Waals surface area contributed by atoms with Crippen molar-refractivity contribution in [2.75, 3.05) is 57.3 Å². The fourth-order valence-corrected chi connectivity index (χ4v) is 5.40. The number of hydrogen-bond donors (Lipinski definition) is 0. The summed E-state index contributed by atoms with van der Waals surface area (Å²) in [7, 11) is 4.89. The minimum atomic E-state index is -0.481. The van der Waals surface area contributed by atoms with Crippen LogP contribution in [0.4, 0.5) is 11.4 Å². The van der Waals surface area contributed by atoms with Gasteiger partial charge >= 0.3 is 0 Å². The van der Waals surface area contributed by atoms with Crippen molar-refractivity contribution < 1.29 is 23.8 Å². The zero-order chi connectivity index (χ0) is 26.6. The van der Waals surface area contributed by atoms with Crippen molar-refractivity contribution in [3.05, 3.63) is 78.4 Å². The third-order valence-electron chi connectivity index (χ3n) is 7.48. The molecule has 8 nitrogen and oxygen atoms in total. The van der Waals surface area contributed by atoms with Crippen molar-refractivity contribution in [3.63, 3.8) is 0 Å².